The highest BCUT2D eigenvalue weighted by Gasteiger charge is 2.55. The highest BCUT2D eigenvalue weighted by atomic mass is 79.9. The summed E-state index contributed by atoms with van der Waals surface area (Å²) in [7, 11) is 0. The van der Waals surface area contributed by atoms with Crippen LogP contribution in [0.15, 0.2) is 21.9 Å². The van der Waals surface area contributed by atoms with Gasteiger partial charge in [-0.25, -0.2) is 4.39 Å². The Labute approximate surface area is 104 Å². The van der Waals surface area contributed by atoms with E-state index in [9.17, 15) is 17.6 Å². The molecule has 1 aliphatic carbocycles. The molecule has 0 aromatic heterocycles. The van der Waals surface area contributed by atoms with Gasteiger partial charge < -0.3 is 5.11 Å². The van der Waals surface area contributed by atoms with Gasteiger partial charge in [0.05, 0.1) is 5.57 Å². The van der Waals surface area contributed by atoms with Gasteiger partial charge in [0.2, 0.25) is 0 Å². The van der Waals surface area contributed by atoms with E-state index in [4.69, 9.17) is 16.7 Å². The fourth-order valence-corrected chi connectivity index (χ4v) is 3.22. The zero-order chi connectivity index (χ0) is 12.0. The quantitative estimate of drug-likeness (QED) is 0.495. The fourth-order valence-electron chi connectivity index (χ4n) is 1.07. The van der Waals surface area contributed by atoms with E-state index in [0.29, 0.717) is 6.08 Å². The maximum absolute atomic E-state index is 13.3. The van der Waals surface area contributed by atoms with Crippen molar-refractivity contribution in [1.29, 1.82) is 0 Å². The fraction of sp³-hybridized carbons (Fsp3) is 0.429. The number of rotatable bonds is 0. The summed E-state index contributed by atoms with van der Waals surface area (Å²) in [4.78, 5) is 0. The largest absolute Gasteiger partial charge is 0.509 e. The molecule has 0 aromatic rings. The normalized spacial score (nSPS) is 33.0. The van der Waals surface area contributed by atoms with Crippen molar-refractivity contribution in [2.24, 2.45) is 0 Å². The molecule has 0 saturated carbocycles. The molecule has 0 aromatic carbocycles. The van der Waals surface area contributed by atoms with Gasteiger partial charge in [0.15, 0.2) is 9.96 Å². The number of allylic oxidation sites excluding steroid dienone is 4. The minimum atomic E-state index is -4.80. The Bertz CT molecular complexity index is 347. The predicted molar refractivity (Wildman–Crippen MR) is 55.1 cm³/mol. The van der Waals surface area contributed by atoms with Crippen LogP contribution in [0.4, 0.5) is 17.6 Å². The number of alkyl halides is 6. The van der Waals surface area contributed by atoms with Crippen LogP contribution in [0.5, 0.6) is 0 Å². The van der Waals surface area contributed by atoms with E-state index in [-0.39, 0.29) is 0 Å². The lowest BCUT2D eigenvalue weighted by Gasteiger charge is -2.31. The summed E-state index contributed by atoms with van der Waals surface area (Å²) < 4.78 is 47.8. The zero-order valence-electron chi connectivity index (χ0n) is 6.75. The van der Waals surface area contributed by atoms with Gasteiger partial charge in [-0.2, -0.15) is 13.2 Å². The molecule has 1 rings (SSSR count). The minimum Gasteiger partial charge on any atom is -0.509 e. The van der Waals surface area contributed by atoms with Gasteiger partial charge in [-0.1, -0.05) is 43.5 Å². The van der Waals surface area contributed by atoms with Crippen LogP contribution in [-0.2, 0) is 0 Å². The Morgan fingerprint density at radius 3 is 2.33 bits per heavy atom. The molecule has 0 spiro atoms. The van der Waals surface area contributed by atoms with E-state index in [0.717, 1.165) is 0 Å². The van der Waals surface area contributed by atoms with Crippen LogP contribution in [-0.4, -0.2) is 21.2 Å². The molecule has 1 aliphatic rings. The summed E-state index contributed by atoms with van der Waals surface area (Å²) in [6, 6.07) is 0. The molecule has 2 atom stereocenters. The maximum atomic E-state index is 13.3. The SMILES string of the molecule is OC1=CC(Br)=C(C(F)(F)F)C(Cl)(Br)C1F. The van der Waals surface area contributed by atoms with Crippen LogP contribution in [0.3, 0.4) is 0 Å². The van der Waals surface area contributed by atoms with Gasteiger partial charge in [-0.3, -0.25) is 0 Å². The highest BCUT2D eigenvalue weighted by Crippen LogP contribution is 2.52. The van der Waals surface area contributed by atoms with Crippen LogP contribution in [0.2, 0.25) is 0 Å². The van der Waals surface area contributed by atoms with Crippen LogP contribution in [0.25, 0.3) is 0 Å². The molecule has 86 valence electrons. The third-order valence-corrected chi connectivity index (χ3v) is 3.51. The van der Waals surface area contributed by atoms with Gasteiger partial charge in [0.1, 0.15) is 5.76 Å². The van der Waals surface area contributed by atoms with Crippen molar-refractivity contribution in [3.05, 3.63) is 21.9 Å². The second-order valence-electron chi connectivity index (χ2n) is 2.78. The molecule has 1 nitrogen and oxygen atoms in total. The predicted octanol–water partition coefficient (Wildman–Crippen LogP) is 4.32. The third kappa shape index (κ3) is 2.34. The number of aliphatic hydroxyl groups excluding tert-OH is 1. The van der Waals surface area contributed by atoms with Crippen molar-refractivity contribution in [3.8, 4) is 0 Å². The highest BCUT2D eigenvalue weighted by molar-refractivity contribution is 9.12. The van der Waals surface area contributed by atoms with E-state index in [1.807, 2.05) is 0 Å². The van der Waals surface area contributed by atoms with Gasteiger partial charge >= 0.3 is 6.18 Å². The summed E-state index contributed by atoms with van der Waals surface area (Å²) in [5, 5.41) is 9.01. The standard InChI is InChI=1S/C7H3Br2ClF4O/c8-2-1-3(15)5(11)6(9,10)4(2)7(12,13)14/h1,5,15H. The Morgan fingerprint density at radius 1 is 1.47 bits per heavy atom. The molecule has 0 heterocycles. The topological polar surface area (TPSA) is 20.2 Å². The summed E-state index contributed by atoms with van der Waals surface area (Å²) in [5.74, 6) is -0.873. The molecular formula is C7H3Br2ClF4O. The molecule has 1 N–H and O–H groups in total. The second kappa shape index (κ2) is 3.92. The lowest BCUT2D eigenvalue weighted by Crippen LogP contribution is -2.40. The molecule has 0 saturated heterocycles. The molecule has 0 amide bonds. The van der Waals surface area contributed by atoms with E-state index in [1.54, 1.807) is 0 Å². The van der Waals surface area contributed by atoms with Gasteiger partial charge in [-0.05, 0) is 6.08 Å². The summed E-state index contributed by atoms with van der Waals surface area (Å²) >= 11 is 10.4. The molecular weight excluding hydrogens is 371 g/mol. The first-order valence-corrected chi connectivity index (χ1v) is 5.44. The van der Waals surface area contributed by atoms with Crippen molar-refractivity contribution in [1.82, 2.24) is 0 Å². The second-order valence-corrected chi connectivity index (χ2v) is 5.93. The van der Waals surface area contributed by atoms with Gasteiger partial charge in [-0.15, -0.1) is 0 Å². The third-order valence-electron chi connectivity index (χ3n) is 1.71. The van der Waals surface area contributed by atoms with Gasteiger partial charge in [0, 0.05) is 4.48 Å². The maximum Gasteiger partial charge on any atom is 0.416 e. The Balaban J connectivity index is 3.38. The zero-order valence-corrected chi connectivity index (χ0v) is 10.7. The first-order valence-electron chi connectivity index (χ1n) is 3.48. The van der Waals surface area contributed by atoms with Crippen molar-refractivity contribution in [3.63, 3.8) is 0 Å². The minimum absolute atomic E-state index is 0.506. The summed E-state index contributed by atoms with van der Waals surface area (Å²) in [6.45, 7) is 0. The van der Waals surface area contributed by atoms with Gasteiger partial charge in [0.25, 0.3) is 0 Å². The monoisotopic (exact) mass is 372 g/mol. The van der Waals surface area contributed by atoms with Crippen LogP contribution in [0.1, 0.15) is 0 Å². The summed E-state index contributed by atoms with van der Waals surface area (Å²) in [6.07, 6.45) is -6.53. The molecule has 0 aliphatic heterocycles. The number of aliphatic hydroxyl groups is 1. The van der Waals surface area contributed by atoms with Crippen molar-refractivity contribution >= 4 is 43.5 Å². The van der Waals surface area contributed by atoms with E-state index in [1.165, 1.54) is 0 Å². The first kappa shape index (κ1) is 13.3. The van der Waals surface area contributed by atoms with Crippen molar-refractivity contribution < 1.29 is 22.7 Å². The van der Waals surface area contributed by atoms with Crippen LogP contribution < -0.4 is 0 Å². The number of halogens is 7. The van der Waals surface area contributed by atoms with Crippen molar-refractivity contribution in [2.45, 2.75) is 16.1 Å². The lowest BCUT2D eigenvalue weighted by molar-refractivity contribution is -0.0966. The lowest BCUT2D eigenvalue weighted by atomic mass is 10.0. The smallest absolute Gasteiger partial charge is 0.416 e. The van der Waals surface area contributed by atoms with E-state index < -0.39 is 31.9 Å². The Kier molecular flexibility index (Phi) is 3.48. The molecule has 0 radical (unpaired) electrons. The number of hydrogen-bond acceptors (Lipinski definition) is 1. The van der Waals surface area contributed by atoms with Crippen LogP contribution in [0, 0.1) is 0 Å². The van der Waals surface area contributed by atoms with Crippen LogP contribution >= 0.6 is 43.5 Å². The Morgan fingerprint density at radius 2 is 1.93 bits per heavy atom. The Hall–Kier alpha value is 0.250. The summed E-state index contributed by atoms with van der Waals surface area (Å²) in [5.41, 5.74) is -1.32. The molecule has 8 heteroatoms. The molecule has 2 unspecified atom stereocenters. The van der Waals surface area contributed by atoms with E-state index in [2.05, 4.69) is 31.9 Å². The molecule has 0 bridgehead atoms. The average molecular weight is 374 g/mol. The average Bonchev–Trinajstić information content (AvgIpc) is 1.96. The van der Waals surface area contributed by atoms with Crippen molar-refractivity contribution in [2.75, 3.05) is 0 Å². The first-order chi connectivity index (χ1) is 6.58. The number of hydrogen-bond donors (Lipinski definition) is 1. The molecule has 15 heavy (non-hydrogen) atoms. The molecule has 0 fully saturated rings. The van der Waals surface area contributed by atoms with E-state index >= 15 is 0 Å².